The van der Waals surface area contributed by atoms with Gasteiger partial charge in [0.25, 0.3) is 0 Å². The molecule has 1 unspecified atom stereocenters. The second-order valence-corrected chi connectivity index (χ2v) is 5.25. The van der Waals surface area contributed by atoms with Crippen LogP contribution < -0.4 is 10.6 Å². The number of anilines is 1. The Bertz CT molecular complexity index is 497. The summed E-state index contributed by atoms with van der Waals surface area (Å²) in [6.07, 6.45) is 4.50. The lowest BCUT2D eigenvalue weighted by Gasteiger charge is -2.33. The fourth-order valence-electron chi connectivity index (χ4n) is 2.22. The van der Waals surface area contributed by atoms with Crippen LogP contribution in [0.2, 0.25) is 0 Å². The molecule has 1 atom stereocenters. The minimum absolute atomic E-state index is 0.00138. The van der Waals surface area contributed by atoms with Crippen LogP contribution in [0.4, 0.5) is 5.69 Å². The van der Waals surface area contributed by atoms with Crippen LogP contribution in [-0.4, -0.2) is 52.2 Å². The van der Waals surface area contributed by atoms with Crippen molar-refractivity contribution < 1.29 is 9.59 Å². The summed E-state index contributed by atoms with van der Waals surface area (Å²) in [7, 11) is 1.81. The van der Waals surface area contributed by atoms with Crippen LogP contribution in [0.5, 0.6) is 0 Å². The van der Waals surface area contributed by atoms with Crippen LogP contribution in [0.25, 0.3) is 0 Å². The Kier molecular flexibility index (Phi) is 4.39. The first-order chi connectivity index (χ1) is 9.47. The number of rotatable bonds is 4. The number of aromatic nitrogens is 2. The lowest BCUT2D eigenvalue weighted by Crippen LogP contribution is -2.52. The SMILES string of the molecule is CC(N)CCC(=O)N1CCN(c2cnn(C)c2)C(=O)C1. The number of carbonyl (C=O) groups excluding carboxylic acids is 2. The summed E-state index contributed by atoms with van der Waals surface area (Å²) in [5.41, 5.74) is 6.42. The van der Waals surface area contributed by atoms with E-state index in [4.69, 9.17) is 5.73 Å². The fourth-order valence-corrected chi connectivity index (χ4v) is 2.22. The molecule has 110 valence electrons. The fraction of sp³-hybridized carbons (Fsp3) is 0.615. The molecular weight excluding hydrogens is 258 g/mol. The number of hydrogen-bond donors (Lipinski definition) is 1. The molecule has 2 amide bonds. The standard InChI is InChI=1S/C13H21N5O2/c1-10(14)3-4-12(19)17-5-6-18(13(20)9-17)11-7-15-16(2)8-11/h7-8,10H,3-6,9,14H2,1-2H3. The predicted molar refractivity (Wildman–Crippen MR) is 75.0 cm³/mol. The van der Waals surface area contributed by atoms with E-state index in [0.717, 1.165) is 5.69 Å². The van der Waals surface area contributed by atoms with Crippen molar-refractivity contribution in [2.45, 2.75) is 25.8 Å². The Hall–Kier alpha value is -1.89. The largest absolute Gasteiger partial charge is 0.332 e. The van der Waals surface area contributed by atoms with Crippen molar-refractivity contribution in [3.05, 3.63) is 12.4 Å². The molecular formula is C13H21N5O2. The predicted octanol–water partition coefficient (Wildman–Crippen LogP) is -0.277. The van der Waals surface area contributed by atoms with Crippen LogP contribution in [-0.2, 0) is 16.6 Å². The van der Waals surface area contributed by atoms with Gasteiger partial charge in [-0.2, -0.15) is 5.10 Å². The summed E-state index contributed by atoms with van der Waals surface area (Å²) < 4.78 is 1.66. The van der Waals surface area contributed by atoms with Crippen molar-refractivity contribution in [2.75, 3.05) is 24.5 Å². The Balaban J connectivity index is 1.92. The van der Waals surface area contributed by atoms with Crippen molar-refractivity contribution in [1.82, 2.24) is 14.7 Å². The van der Waals surface area contributed by atoms with Crippen LogP contribution in [0.15, 0.2) is 12.4 Å². The third-order valence-corrected chi connectivity index (χ3v) is 3.39. The van der Waals surface area contributed by atoms with Gasteiger partial charge in [0.1, 0.15) is 6.54 Å². The quantitative estimate of drug-likeness (QED) is 0.821. The van der Waals surface area contributed by atoms with Gasteiger partial charge in [0.2, 0.25) is 11.8 Å². The van der Waals surface area contributed by atoms with Gasteiger partial charge >= 0.3 is 0 Å². The smallest absolute Gasteiger partial charge is 0.246 e. The van der Waals surface area contributed by atoms with Gasteiger partial charge in [-0.05, 0) is 13.3 Å². The van der Waals surface area contributed by atoms with E-state index in [2.05, 4.69) is 5.10 Å². The normalized spacial score (nSPS) is 17.4. The van der Waals surface area contributed by atoms with Gasteiger partial charge in [-0.15, -0.1) is 0 Å². The monoisotopic (exact) mass is 279 g/mol. The average Bonchev–Trinajstić information content (AvgIpc) is 2.82. The summed E-state index contributed by atoms with van der Waals surface area (Å²) >= 11 is 0. The van der Waals surface area contributed by atoms with E-state index in [-0.39, 0.29) is 24.4 Å². The highest BCUT2D eigenvalue weighted by Gasteiger charge is 2.28. The minimum Gasteiger partial charge on any atom is -0.332 e. The van der Waals surface area contributed by atoms with Gasteiger partial charge in [-0.1, -0.05) is 0 Å². The van der Waals surface area contributed by atoms with Gasteiger partial charge in [0.15, 0.2) is 0 Å². The maximum Gasteiger partial charge on any atom is 0.246 e. The van der Waals surface area contributed by atoms with E-state index in [1.165, 1.54) is 0 Å². The Labute approximate surface area is 118 Å². The lowest BCUT2D eigenvalue weighted by molar-refractivity contribution is -0.137. The molecule has 0 spiro atoms. The molecule has 20 heavy (non-hydrogen) atoms. The molecule has 0 aromatic carbocycles. The number of amides is 2. The molecule has 2 rings (SSSR count). The zero-order valence-corrected chi connectivity index (χ0v) is 12.0. The molecule has 1 saturated heterocycles. The van der Waals surface area contributed by atoms with Crippen molar-refractivity contribution in [1.29, 1.82) is 0 Å². The molecule has 2 N–H and O–H groups in total. The van der Waals surface area contributed by atoms with Crippen LogP contribution in [0, 0.1) is 0 Å². The van der Waals surface area contributed by atoms with E-state index < -0.39 is 0 Å². The average molecular weight is 279 g/mol. The van der Waals surface area contributed by atoms with E-state index in [0.29, 0.717) is 25.9 Å². The van der Waals surface area contributed by atoms with Crippen LogP contribution in [0.1, 0.15) is 19.8 Å². The van der Waals surface area contributed by atoms with Gasteiger partial charge in [0.05, 0.1) is 11.9 Å². The highest BCUT2D eigenvalue weighted by atomic mass is 16.2. The van der Waals surface area contributed by atoms with E-state index >= 15 is 0 Å². The zero-order valence-electron chi connectivity index (χ0n) is 12.0. The molecule has 1 aliphatic rings. The van der Waals surface area contributed by atoms with Gasteiger partial charge in [-0.25, -0.2) is 0 Å². The molecule has 2 heterocycles. The van der Waals surface area contributed by atoms with Crippen molar-refractivity contribution in [2.24, 2.45) is 12.8 Å². The molecule has 1 fully saturated rings. The Morgan fingerprint density at radius 3 is 2.80 bits per heavy atom. The molecule has 7 nitrogen and oxygen atoms in total. The summed E-state index contributed by atoms with van der Waals surface area (Å²) in [6, 6.07) is 0.00586. The Morgan fingerprint density at radius 1 is 1.50 bits per heavy atom. The summed E-state index contributed by atoms with van der Waals surface area (Å²) in [5.74, 6) is -0.0696. The summed E-state index contributed by atoms with van der Waals surface area (Å²) in [6.45, 7) is 3.07. The highest BCUT2D eigenvalue weighted by Crippen LogP contribution is 2.16. The van der Waals surface area contributed by atoms with Crippen molar-refractivity contribution in [3.63, 3.8) is 0 Å². The van der Waals surface area contributed by atoms with Crippen molar-refractivity contribution >= 4 is 17.5 Å². The van der Waals surface area contributed by atoms with E-state index in [9.17, 15) is 9.59 Å². The minimum atomic E-state index is -0.0709. The molecule has 0 saturated carbocycles. The first-order valence-electron chi connectivity index (χ1n) is 6.79. The first kappa shape index (κ1) is 14.5. The maximum absolute atomic E-state index is 12.1. The van der Waals surface area contributed by atoms with E-state index in [1.807, 2.05) is 14.0 Å². The molecule has 1 aromatic heterocycles. The second kappa shape index (κ2) is 6.04. The molecule has 0 radical (unpaired) electrons. The van der Waals surface area contributed by atoms with Crippen LogP contribution >= 0.6 is 0 Å². The second-order valence-electron chi connectivity index (χ2n) is 5.25. The molecule has 1 aromatic rings. The first-order valence-corrected chi connectivity index (χ1v) is 6.79. The molecule has 0 aliphatic carbocycles. The highest BCUT2D eigenvalue weighted by molar-refractivity contribution is 5.97. The summed E-state index contributed by atoms with van der Waals surface area (Å²) in [4.78, 5) is 27.4. The zero-order chi connectivity index (χ0) is 14.7. The Morgan fingerprint density at radius 2 is 2.25 bits per heavy atom. The number of piperazine rings is 1. The van der Waals surface area contributed by atoms with Crippen LogP contribution in [0.3, 0.4) is 0 Å². The third kappa shape index (κ3) is 3.36. The lowest BCUT2D eigenvalue weighted by atomic mass is 10.1. The van der Waals surface area contributed by atoms with Crippen molar-refractivity contribution in [3.8, 4) is 0 Å². The molecule has 1 aliphatic heterocycles. The number of nitrogens with two attached hydrogens (primary N) is 1. The number of carbonyl (C=O) groups is 2. The summed E-state index contributed by atoms with van der Waals surface area (Å²) in [5, 5.41) is 4.06. The number of hydrogen-bond acceptors (Lipinski definition) is 4. The maximum atomic E-state index is 12.1. The molecule has 7 heteroatoms. The third-order valence-electron chi connectivity index (χ3n) is 3.39. The number of nitrogens with zero attached hydrogens (tertiary/aromatic N) is 4. The number of aryl methyl sites for hydroxylation is 1. The molecule has 0 bridgehead atoms. The van der Waals surface area contributed by atoms with Gasteiger partial charge < -0.3 is 15.5 Å². The van der Waals surface area contributed by atoms with Gasteiger partial charge in [0, 0.05) is 38.8 Å². The van der Waals surface area contributed by atoms with Gasteiger partial charge in [-0.3, -0.25) is 14.3 Å². The van der Waals surface area contributed by atoms with E-state index in [1.54, 1.807) is 26.9 Å². The topological polar surface area (TPSA) is 84.5 Å².